The zero-order valence-electron chi connectivity index (χ0n) is 10.8. The molecule has 5 heteroatoms. The molecule has 1 aromatic carbocycles. The lowest BCUT2D eigenvalue weighted by molar-refractivity contribution is 0.414. The van der Waals surface area contributed by atoms with Crippen LogP contribution in [0.15, 0.2) is 29.1 Å². The van der Waals surface area contributed by atoms with Gasteiger partial charge in [0, 0.05) is 12.2 Å². The summed E-state index contributed by atoms with van der Waals surface area (Å²) in [5.41, 5.74) is 2.41. The number of aromatic nitrogens is 2. The number of methoxy groups -OCH3 is 1. The normalized spacial score (nSPS) is 10.6. The molecule has 0 fully saturated rings. The van der Waals surface area contributed by atoms with E-state index in [1.807, 2.05) is 38.2 Å². The van der Waals surface area contributed by atoms with E-state index in [2.05, 4.69) is 10.4 Å². The molecule has 1 heterocycles. The van der Waals surface area contributed by atoms with Gasteiger partial charge in [-0.15, -0.1) is 0 Å². The smallest absolute Gasteiger partial charge is 0.275 e. The van der Waals surface area contributed by atoms with Gasteiger partial charge in [-0.1, -0.05) is 0 Å². The molecule has 18 heavy (non-hydrogen) atoms. The standard InChI is InChI=1S/C13H17N3O2/c1-9-12(8-14-2)13(17)16(15-9)10-4-6-11(18-3)7-5-10/h4-7,14-15H,8H2,1-3H3. The van der Waals surface area contributed by atoms with Crippen LogP contribution in [-0.4, -0.2) is 23.9 Å². The summed E-state index contributed by atoms with van der Waals surface area (Å²) in [6, 6.07) is 7.35. The lowest BCUT2D eigenvalue weighted by atomic mass is 10.2. The molecule has 0 aliphatic carbocycles. The number of nitrogens with one attached hydrogen (secondary N) is 2. The second-order valence-corrected chi connectivity index (χ2v) is 4.08. The van der Waals surface area contributed by atoms with Crippen molar-refractivity contribution in [2.45, 2.75) is 13.5 Å². The number of ether oxygens (including phenoxy) is 1. The van der Waals surface area contributed by atoms with Crippen molar-refractivity contribution in [3.05, 3.63) is 45.9 Å². The number of benzene rings is 1. The first-order valence-corrected chi connectivity index (χ1v) is 5.77. The summed E-state index contributed by atoms with van der Waals surface area (Å²) in [5, 5.41) is 6.07. The minimum Gasteiger partial charge on any atom is -0.497 e. The van der Waals surface area contributed by atoms with Crippen molar-refractivity contribution in [3.8, 4) is 11.4 Å². The van der Waals surface area contributed by atoms with Crippen LogP contribution in [0.1, 0.15) is 11.3 Å². The monoisotopic (exact) mass is 247 g/mol. The number of H-pyrrole nitrogens is 1. The molecule has 1 aromatic heterocycles. The maximum Gasteiger partial charge on any atom is 0.275 e. The highest BCUT2D eigenvalue weighted by Gasteiger charge is 2.11. The summed E-state index contributed by atoms with van der Waals surface area (Å²) >= 11 is 0. The summed E-state index contributed by atoms with van der Waals surface area (Å²) in [7, 11) is 3.44. The maximum absolute atomic E-state index is 12.2. The Labute approximate surface area is 105 Å². The second-order valence-electron chi connectivity index (χ2n) is 4.08. The third-order valence-electron chi connectivity index (χ3n) is 2.88. The van der Waals surface area contributed by atoms with Crippen molar-refractivity contribution in [3.63, 3.8) is 0 Å². The molecule has 0 saturated heterocycles. The van der Waals surface area contributed by atoms with Crippen LogP contribution in [0.3, 0.4) is 0 Å². The van der Waals surface area contributed by atoms with E-state index in [9.17, 15) is 4.79 Å². The minimum absolute atomic E-state index is 0.0213. The van der Waals surface area contributed by atoms with Gasteiger partial charge in [0.25, 0.3) is 5.56 Å². The zero-order valence-corrected chi connectivity index (χ0v) is 10.8. The summed E-state index contributed by atoms with van der Waals surface area (Å²) in [6.07, 6.45) is 0. The third-order valence-corrected chi connectivity index (χ3v) is 2.88. The SMILES string of the molecule is CNCc1c(C)[nH]n(-c2ccc(OC)cc2)c1=O. The van der Waals surface area contributed by atoms with Crippen LogP contribution in [-0.2, 0) is 6.54 Å². The highest BCUT2D eigenvalue weighted by Crippen LogP contribution is 2.13. The first-order chi connectivity index (χ1) is 8.67. The van der Waals surface area contributed by atoms with Crippen LogP contribution in [0.2, 0.25) is 0 Å². The molecule has 0 spiro atoms. The number of rotatable bonds is 4. The van der Waals surface area contributed by atoms with E-state index >= 15 is 0 Å². The highest BCUT2D eigenvalue weighted by molar-refractivity contribution is 5.37. The molecule has 2 N–H and O–H groups in total. The van der Waals surface area contributed by atoms with Gasteiger partial charge >= 0.3 is 0 Å². The fraction of sp³-hybridized carbons (Fsp3) is 0.308. The largest absolute Gasteiger partial charge is 0.497 e. The van der Waals surface area contributed by atoms with Gasteiger partial charge in [0.15, 0.2) is 0 Å². The number of hydrogen-bond donors (Lipinski definition) is 2. The molecule has 2 rings (SSSR count). The number of nitrogens with zero attached hydrogens (tertiary/aromatic N) is 1. The van der Waals surface area contributed by atoms with Gasteiger partial charge in [-0.2, -0.15) is 0 Å². The van der Waals surface area contributed by atoms with Crippen LogP contribution in [0.5, 0.6) is 5.75 Å². The Morgan fingerprint density at radius 2 is 2.00 bits per heavy atom. The van der Waals surface area contributed by atoms with E-state index in [0.29, 0.717) is 6.54 Å². The van der Waals surface area contributed by atoms with Gasteiger partial charge in [-0.3, -0.25) is 9.89 Å². The van der Waals surface area contributed by atoms with Gasteiger partial charge < -0.3 is 10.1 Å². The summed E-state index contributed by atoms with van der Waals surface area (Å²) in [5.74, 6) is 0.769. The Hall–Kier alpha value is -2.01. The highest BCUT2D eigenvalue weighted by atomic mass is 16.5. The van der Waals surface area contributed by atoms with Gasteiger partial charge in [-0.05, 0) is 38.2 Å². The summed E-state index contributed by atoms with van der Waals surface area (Å²) < 4.78 is 6.64. The van der Waals surface area contributed by atoms with Crippen LogP contribution in [0.4, 0.5) is 0 Å². The van der Waals surface area contributed by atoms with Gasteiger partial charge in [0.1, 0.15) is 5.75 Å². The average Bonchev–Trinajstić information content (AvgIpc) is 2.67. The van der Waals surface area contributed by atoms with Crippen LogP contribution >= 0.6 is 0 Å². The Balaban J connectivity index is 2.44. The molecule has 0 saturated carbocycles. The molecule has 5 nitrogen and oxygen atoms in total. The van der Waals surface area contributed by atoms with Crippen molar-refractivity contribution >= 4 is 0 Å². The van der Waals surface area contributed by atoms with E-state index in [0.717, 1.165) is 22.7 Å². The van der Waals surface area contributed by atoms with Crippen molar-refractivity contribution in [2.24, 2.45) is 0 Å². The Bertz CT molecular complexity index is 581. The van der Waals surface area contributed by atoms with Gasteiger partial charge in [0.05, 0.1) is 18.4 Å². The summed E-state index contributed by atoms with van der Waals surface area (Å²) in [4.78, 5) is 12.2. The Morgan fingerprint density at radius 1 is 1.33 bits per heavy atom. The number of aryl methyl sites for hydroxylation is 1. The maximum atomic E-state index is 12.2. The van der Waals surface area contributed by atoms with Crippen molar-refractivity contribution in [1.29, 1.82) is 0 Å². The molecule has 96 valence electrons. The Morgan fingerprint density at radius 3 is 2.56 bits per heavy atom. The van der Waals surface area contributed by atoms with E-state index < -0.39 is 0 Å². The van der Waals surface area contributed by atoms with Crippen molar-refractivity contribution < 1.29 is 4.74 Å². The first-order valence-electron chi connectivity index (χ1n) is 5.77. The zero-order chi connectivity index (χ0) is 13.1. The molecule has 0 amide bonds. The molecule has 0 bridgehead atoms. The number of aromatic amines is 1. The van der Waals surface area contributed by atoms with Crippen LogP contribution < -0.4 is 15.6 Å². The minimum atomic E-state index is -0.0213. The molecular weight excluding hydrogens is 230 g/mol. The van der Waals surface area contributed by atoms with E-state index in [4.69, 9.17) is 4.74 Å². The lowest BCUT2D eigenvalue weighted by Crippen LogP contribution is -2.20. The topological polar surface area (TPSA) is 59.1 Å². The second kappa shape index (κ2) is 5.10. The number of hydrogen-bond acceptors (Lipinski definition) is 3. The molecule has 0 unspecified atom stereocenters. The molecule has 2 aromatic rings. The first kappa shape index (κ1) is 12.4. The molecular formula is C13H17N3O2. The molecule has 0 aliphatic rings. The predicted molar refractivity (Wildman–Crippen MR) is 70.4 cm³/mol. The predicted octanol–water partition coefficient (Wildman–Crippen LogP) is 1.20. The van der Waals surface area contributed by atoms with Gasteiger partial charge in [0.2, 0.25) is 0 Å². The van der Waals surface area contributed by atoms with Crippen molar-refractivity contribution in [2.75, 3.05) is 14.2 Å². The van der Waals surface area contributed by atoms with E-state index in [-0.39, 0.29) is 5.56 Å². The van der Waals surface area contributed by atoms with Crippen molar-refractivity contribution in [1.82, 2.24) is 15.1 Å². The fourth-order valence-corrected chi connectivity index (χ4v) is 1.88. The lowest BCUT2D eigenvalue weighted by Gasteiger charge is -2.03. The van der Waals surface area contributed by atoms with Gasteiger partial charge in [-0.25, -0.2) is 4.68 Å². The van der Waals surface area contributed by atoms with Crippen LogP contribution in [0.25, 0.3) is 5.69 Å². The third kappa shape index (κ3) is 2.17. The molecule has 0 radical (unpaired) electrons. The Kier molecular flexibility index (Phi) is 3.53. The molecule has 0 atom stereocenters. The fourth-order valence-electron chi connectivity index (χ4n) is 1.88. The van der Waals surface area contributed by atoms with E-state index in [1.54, 1.807) is 11.8 Å². The van der Waals surface area contributed by atoms with E-state index in [1.165, 1.54) is 0 Å². The quantitative estimate of drug-likeness (QED) is 0.853. The molecule has 0 aliphatic heterocycles. The summed E-state index contributed by atoms with van der Waals surface area (Å²) in [6.45, 7) is 2.46. The van der Waals surface area contributed by atoms with Crippen LogP contribution in [0, 0.1) is 6.92 Å². The average molecular weight is 247 g/mol.